The zero-order chi connectivity index (χ0) is 21.8. The summed E-state index contributed by atoms with van der Waals surface area (Å²) in [4.78, 5) is 57.0. The number of nitro groups is 1. The molecule has 12 nitrogen and oxygen atoms in total. The maximum atomic E-state index is 12.0. The summed E-state index contributed by atoms with van der Waals surface area (Å²) in [5.74, 6) is -2.09. The van der Waals surface area contributed by atoms with Crippen LogP contribution in [0.25, 0.3) is 0 Å². The molecule has 0 spiro atoms. The van der Waals surface area contributed by atoms with Crippen LogP contribution in [0.3, 0.4) is 0 Å². The highest BCUT2D eigenvalue weighted by Gasteiger charge is 2.29. The Kier molecular flexibility index (Phi) is 6.92. The Balaban J connectivity index is 1.91. The Bertz CT molecular complexity index is 975. The molecular weight excluding hydrogens is 430 g/mol. The van der Waals surface area contributed by atoms with Crippen molar-refractivity contribution < 1.29 is 37.3 Å². The van der Waals surface area contributed by atoms with E-state index in [2.05, 4.69) is 5.32 Å². The van der Waals surface area contributed by atoms with E-state index in [0.717, 1.165) is 41.1 Å². The van der Waals surface area contributed by atoms with Crippen LogP contribution in [0.15, 0.2) is 23.1 Å². The number of carbonyl (C=O) groups excluding carboxylic acids is 4. The van der Waals surface area contributed by atoms with Gasteiger partial charge in [-0.05, 0) is 12.1 Å². The predicted molar refractivity (Wildman–Crippen MR) is 99.1 cm³/mol. The Morgan fingerprint density at radius 2 is 2.03 bits per heavy atom. The molecule has 1 fully saturated rings. The van der Waals surface area contributed by atoms with E-state index >= 15 is 0 Å². The molecule has 14 heteroatoms. The van der Waals surface area contributed by atoms with Gasteiger partial charge < -0.3 is 10.1 Å². The van der Waals surface area contributed by atoms with Gasteiger partial charge in [0.25, 0.3) is 16.8 Å². The smallest absolute Gasteiger partial charge is 0.338 e. The van der Waals surface area contributed by atoms with E-state index in [1.54, 1.807) is 0 Å². The molecule has 0 aliphatic carbocycles. The molecule has 156 valence electrons. The lowest BCUT2D eigenvalue weighted by Gasteiger charge is -2.13. The Morgan fingerprint density at radius 1 is 1.34 bits per heavy atom. The number of hydrogen-bond donors (Lipinski definition) is 1. The standard InChI is InChI=1S/C15H15N3O9S2/c1-29(25,26)11-3-2-9(6-10(11)18(23)24)14(21)27-7-12(19)16-4-5-17-13(20)8-28-15(17)22/h2-3,6H,4-5,7-8H2,1H3,(H,16,19). The van der Waals surface area contributed by atoms with E-state index in [1.807, 2.05) is 0 Å². The first-order valence-corrected chi connectivity index (χ1v) is 10.8. The number of nitro benzene ring substituents is 1. The minimum absolute atomic E-state index is 0.0243. The molecule has 1 aliphatic rings. The first-order chi connectivity index (χ1) is 13.5. The maximum absolute atomic E-state index is 12.0. The molecule has 0 atom stereocenters. The van der Waals surface area contributed by atoms with Gasteiger partial charge in [0.05, 0.1) is 16.2 Å². The van der Waals surface area contributed by atoms with Gasteiger partial charge in [0.1, 0.15) is 4.90 Å². The SMILES string of the molecule is CS(=O)(=O)c1ccc(C(=O)OCC(=O)NCCN2C(=O)CSC2=O)cc1[N+](=O)[O-]. The van der Waals surface area contributed by atoms with Crippen LogP contribution in [0.4, 0.5) is 10.5 Å². The van der Waals surface area contributed by atoms with Crippen molar-refractivity contribution >= 4 is 50.3 Å². The summed E-state index contributed by atoms with van der Waals surface area (Å²) in [5, 5.41) is 13.0. The van der Waals surface area contributed by atoms with Gasteiger partial charge in [0.15, 0.2) is 16.4 Å². The van der Waals surface area contributed by atoms with Gasteiger partial charge in [-0.25, -0.2) is 13.2 Å². The minimum Gasteiger partial charge on any atom is -0.452 e. The number of nitrogens with one attached hydrogen (secondary N) is 1. The quantitative estimate of drug-likeness (QED) is 0.325. The van der Waals surface area contributed by atoms with E-state index < -0.39 is 49.1 Å². The van der Waals surface area contributed by atoms with Gasteiger partial charge in [-0.1, -0.05) is 11.8 Å². The fourth-order valence-corrected chi connectivity index (χ4v) is 3.85. The molecule has 1 aromatic rings. The van der Waals surface area contributed by atoms with Crippen LogP contribution < -0.4 is 5.32 Å². The minimum atomic E-state index is -3.88. The number of ether oxygens (including phenoxy) is 1. The fourth-order valence-electron chi connectivity index (χ4n) is 2.27. The first-order valence-electron chi connectivity index (χ1n) is 7.90. The van der Waals surface area contributed by atoms with Crippen molar-refractivity contribution in [2.24, 2.45) is 0 Å². The molecule has 0 saturated carbocycles. The van der Waals surface area contributed by atoms with Crippen molar-refractivity contribution in [3.63, 3.8) is 0 Å². The van der Waals surface area contributed by atoms with Crippen LogP contribution in [0.1, 0.15) is 10.4 Å². The van der Waals surface area contributed by atoms with Crippen LogP contribution in [0.5, 0.6) is 0 Å². The lowest BCUT2D eigenvalue weighted by molar-refractivity contribution is -0.387. The monoisotopic (exact) mass is 445 g/mol. The number of benzene rings is 1. The first kappa shape index (κ1) is 22.3. The van der Waals surface area contributed by atoms with Gasteiger partial charge in [-0.2, -0.15) is 0 Å². The number of rotatable bonds is 8. The second-order valence-corrected chi connectivity index (χ2v) is 8.65. The van der Waals surface area contributed by atoms with Crippen LogP contribution in [0, 0.1) is 10.1 Å². The summed E-state index contributed by atoms with van der Waals surface area (Å²) in [6, 6.07) is 2.69. The average Bonchev–Trinajstić information content (AvgIpc) is 2.96. The van der Waals surface area contributed by atoms with Crippen molar-refractivity contribution in [2.75, 3.05) is 31.7 Å². The van der Waals surface area contributed by atoms with E-state index in [9.17, 15) is 37.7 Å². The third-order valence-corrected chi connectivity index (χ3v) is 5.63. The van der Waals surface area contributed by atoms with E-state index in [1.165, 1.54) is 0 Å². The number of esters is 1. The highest BCUT2D eigenvalue weighted by Crippen LogP contribution is 2.25. The lowest BCUT2D eigenvalue weighted by Crippen LogP contribution is -2.38. The van der Waals surface area contributed by atoms with Gasteiger partial charge in [-0.3, -0.25) is 29.4 Å². The van der Waals surface area contributed by atoms with Crippen LogP contribution in [0.2, 0.25) is 0 Å². The average molecular weight is 445 g/mol. The molecule has 0 unspecified atom stereocenters. The molecule has 1 heterocycles. The van der Waals surface area contributed by atoms with Gasteiger partial charge >= 0.3 is 5.97 Å². The molecular formula is C15H15N3O9S2. The van der Waals surface area contributed by atoms with Gasteiger partial charge in [0, 0.05) is 25.4 Å². The summed E-state index contributed by atoms with van der Waals surface area (Å²) in [7, 11) is -3.88. The number of hydrogen-bond acceptors (Lipinski definition) is 10. The second-order valence-electron chi connectivity index (χ2n) is 5.74. The highest BCUT2D eigenvalue weighted by molar-refractivity contribution is 8.14. The number of nitrogens with zero attached hydrogens (tertiary/aromatic N) is 2. The van der Waals surface area contributed by atoms with Crippen LogP contribution >= 0.6 is 11.8 Å². The molecule has 0 bridgehead atoms. The van der Waals surface area contributed by atoms with E-state index in [-0.39, 0.29) is 30.3 Å². The number of sulfone groups is 1. The number of imide groups is 1. The topological polar surface area (TPSA) is 170 Å². The summed E-state index contributed by atoms with van der Waals surface area (Å²) >= 11 is 0.859. The molecule has 0 radical (unpaired) electrons. The Labute approximate surface area is 168 Å². The summed E-state index contributed by atoms with van der Waals surface area (Å²) < 4.78 is 27.9. The second kappa shape index (κ2) is 9.00. The summed E-state index contributed by atoms with van der Waals surface area (Å²) in [6.45, 7) is -0.774. The largest absolute Gasteiger partial charge is 0.452 e. The van der Waals surface area contributed by atoms with Crippen molar-refractivity contribution in [1.29, 1.82) is 0 Å². The normalized spacial score (nSPS) is 14.0. The maximum Gasteiger partial charge on any atom is 0.338 e. The van der Waals surface area contributed by atoms with Crippen LogP contribution in [-0.2, 0) is 24.2 Å². The lowest BCUT2D eigenvalue weighted by atomic mass is 10.2. The molecule has 1 aliphatic heterocycles. The molecule has 29 heavy (non-hydrogen) atoms. The van der Waals surface area contributed by atoms with Crippen molar-refractivity contribution in [3.8, 4) is 0 Å². The van der Waals surface area contributed by atoms with Crippen LogP contribution in [-0.4, -0.2) is 73.0 Å². The predicted octanol–water partition coefficient (Wildman–Crippen LogP) is -0.0333. The number of carbonyl (C=O) groups is 4. The Morgan fingerprint density at radius 3 is 2.59 bits per heavy atom. The molecule has 1 aromatic carbocycles. The van der Waals surface area contributed by atoms with E-state index in [0.29, 0.717) is 0 Å². The van der Waals surface area contributed by atoms with Gasteiger partial charge in [-0.15, -0.1) is 0 Å². The van der Waals surface area contributed by atoms with Crippen molar-refractivity contribution in [2.45, 2.75) is 4.90 Å². The number of amides is 3. The third kappa shape index (κ3) is 5.74. The Hall–Kier alpha value is -3.00. The molecule has 3 amide bonds. The van der Waals surface area contributed by atoms with Crippen molar-refractivity contribution in [3.05, 3.63) is 33.9 Å². The number of thioether (sulfide) groups is 1. The van der Waals surface area contributed by atoms with E-state index in [4.69, 9.17) is 4.74 Å². The fraction of sp³-hybridized carbons (Fsp3) is 0.333. The zero-order valence-electron chi connectivity index (χ0n) is 14.9. The molecule has 2 rings (SSSR count). The van der Waals surface area contributed by atoms with Crippen molar-refractivity contribution in [1.82, 2.24) is 10.2 Å². The highest BCUT2D eigenvalue weighted by atomic mass is 32.2. The zero-order valence-corrected chi connectivity index (χ0v) is 16.6. The summed E-state index contributed by atoms with van der Waals surface area (Å²) in [5.41, 5.74) is -1.09. The third-order valence-electron chi connectivity index (χ3n) is 3.62. The molecule has 1 saturated heterocycles. The molecule has 1 N–H and O–H groups in total. The summed E-state index contributed by atoms with van der Waals surface area (Å²) in [6.07, 6.45) is 0.791. The van der Waals surface area contributed by atoms with Gasteiger partial charge in [0.2, 0.25) is 5.91 Å². The molecule has 0 aromatic heterocycles.